The number of benzene rings is 7. The third kappa shape index (κ3) is 4.71. The van der Waals surface area contributed by atoms with E-state index in [2.05, 4.69) is 15.0 Å². The van der Waals surface area contributed by atoms with Gasteiger partial charge >= 0.3 is 0 Å². The molecule has 0 radical (unpaired) electrons. The lowest BCUT2D eigenvalue weighted by molar-refractivity contribution is 0.955. The van der Waals surface area contributed by atoms with Gasteiger partial charge in [0.1, 0.15) is 0 Å². The molecule has 10 aromatic rings. The molecule has 3 heterocycles. The SMILES string of the molecule is [2H]c1c([2H])c([2H])c(-c2nc(-c3c([2H])c([2H])c(-c4c([2H])c([2H])c([2H])c(-c5c([2H])c([2H])c([2H])c([2H])c5[2H])c4[2H])c([2H])c3[2H])nc(-n3c4c([2H])c([2H])c([2H])c([2H])c4c4c([2H])c([2H])c5sc6c([2H])c([2H])c([2H])c([2H])c6c5c43)n2)c([2H])c1[2H]. The van der Waals surface area contributed by atoms with E-state index in [9.17, 15) is 11.0 Å². The Morgan fingerprint density at radius 3 is 1.72 bits per heavy atom. The average Bonchev–Trinajstić information content (AvgIpc) is 3.81. The Hall–Kier alpha value is -6.43. The first-order chi connectivity index (χ1) is 36.4. The van der Waals surface area contributed by atoms with Crippen LogP contribution in [0.2, 0.25) is 0 Å². The Morgan fingerprint density at radius 2 is 0.980 bits per heavy atom. The molecule has 50 heavy (non-hydrogen) atoms. The Kier molecular flexibility index (Phi) is 2.83. The molecule has 0 saturated carbocycles. The van der Waals surface area contributed by atoms with E-state index >= 15 is 0 Å². The highest BCUT2D eigenvalue weighted by Gasteiger charge is 2.21. The predicted octanol–water partition coefficient (Wildman–Crippen LogP) is 12.0. The number of hydrogen-bond acceptors (Lipinski definition) is 4. The Balaban J connectivity index is 1.40. The van der Waals surface area contributed by atoms with Crippen LogP contribution in [0.3, 0.4) is 0 Å². The summed E-state index contributed by atoms with van der Waals surface area (Å²) in [6.45, 7) is 0. The van der Waals surface area contributed by atoms with Gasteiger partial charge in [0.2, 0.25) is 5.95 Å². The van der Waals surface area contributed by atoms with Crippen LogP contribution in [0.25, 0.3) is 93.0 Å². The summed E-state index contributed by atoms with van der Waals surface area (Å²) in [5.74, 6) is -2.59. The minimum atomic E-state index is -1.09. The van der Waals surface area contributed by atoms with Crippen molar-refractivity contribution < 1.29 is 38.4 Å². The fourth-order valence-electron chi connectivity index (χ4n) is 5.38. The third-order valence-electron chi connectivity index (χ3n) is 7.49. The monoisotopic (exact) mass is 684 g/mol. The molecule has 234 valence electrons. The second kappa shape index (κ2) is 11.6. The first-order valence-electron chi connectivity index (χ1n) is 28.4. The van der Waals surface area contributed by atoms with Gasteiger partial charge in [-0.15, -0.1) is 11.3 Å². The van der Waals surface area contributed by atoms with E-state index in [1.165, 1.54) is 0 Å². The van der Waals surface area contributed by atoms with E-state index in [0.29, 0.717) is 11.3 Å². The van der Waals surface area contributed by atoms with Crippen LogP contribution in [0.4, 0.5) is 0 Å². The second-order valence-electron chi connectivity index (χ2n) is 10.3. The molecule has 0 amide bonds. The molecule has 0 aliphatic carbocycles. The zero-order valence-corrected chi connectivity index (χ0v) is 25.5. The van der Waals surface area contributed by atoms with Gasteiger partial charge in [0.25, 0.3) is 0 Å². The minimum absolute atomic E-state index is 0.116. The van der Waals surface area contributed by atoms with Gasteiger partial charge in [0, 0.05) is 42.1 Å². The van der Waals surface area contributed by atoms with Crippen LogP contribution < -0.4 is 0 Å². The van der Waals surface area contributed by atoms with Gasteiger partial charge in [-0.25, -0.2) is 4.98 Å². The number of nitrogens with zero attached hydrogens (tertiary/aromatic N) is 4. The normalized spacial score (nSPS) is 19.4. The molecule has 0 spiro atoms. The van der Waals surface area contributed by atoms with E-state index in [1.807, 2.05) is 0 Å². The summed E-state index contributed by atoms with van der Waals surface area (Å²) >= 11 is 0.686. The van der Waals surface area contributed by atoms with Gasteiger partial charge in [0.05, 0.1) is 49.4 Å². The smallest absolute Gasteiger partial charge is 0.238 e. The van der Waals surface area contributed by atoms with Crippen molar-refractivity contribution in [3.8, 4) is 51.0 Å². The standard InChI is InChI=1S/C45H28N4S/c1-3-12-29(13-4-1)33-16-11-17-34(28-33)30-22-24-32(25-23-30)44-46-43(31-14-5-2-6-15-31)47-45(48-44)49-38-20-9-7-18-35(38)36-26-27-40-41(42(36)49)37-19-8-10-21-39(37)50-40/h1-28H/i1D,2D,3D,4D,5D,6D,7D,8D,9D,10D,11D,12D,13D,14D,15D,16D,17D,18D,19D,20D,21D,22D,23D,24D,25D,26D,27D,28D. The Morgan fingerprint density at radius 1 is 0.420 bits per heavy atom. The lowest BCUT2D eigenvalue weighted by atomic mass is 9.98. The van der Waals surface area contributed by atoms with Crippen molar-refractivity contribution in [3.63, 3.8) is 0 Å². The van der Waals surface area contributed by atoms with Crippen LogP contribution in [-0.2, 0) is 0 Å². The highest BCUT2D eigenvalue weighted by Crippen LogP contribution is 2.43. The molecule has 0 unspecified atom stereocenters. The first kappa shape index (κ1) is 12.2. The van der Waals surface area contributed by atoms with Crippen molar-refractivity contribution >= 4 is 53.3 Å². The fourth-order valence-corrected chi connectivity index (χ4v) is 6.34. The van der Waals surface area contributed by atoms with Gasteiger partial charge in [-0.05, 0) is 46.4 Å². The largest absolute Gasteiger partial charge is 0.277 e. The Bertz CT molecular complexity index is 4410. The molecule has 4 nitrogen and oxygen atoms in total. The molecule has 0 saturated heterocycles. The second-order valence-corrected chi connectivity index (χ2v) is 11.3. The van der Waals surface area contributed by atoms with E-state index in [4.69, 9.17) is 27.4 Å². The molecule has 0 aliphatic rings. The highest BCUT2D eigenvalue weighted by atomic mass is 32.1. The molecular formula is C45H28N4S. The lowest BCUT2D eigenvalue weighted by Crippen LogP contribution is -2.06. The molecule has 0 fully saturated rings. The maximum Gasteiger partial charge on any atom is 0.238 e. The predicted molar refractivity (Wildman–Crippen MR) is 209 cm³/mol. The van der Waals surface area contributed by atoms with E-state index in [-0.39, 0.29) is 25.7 Å². The first-order valence-corrected chi connectivity index (χ1v) is 15.2. The number of aromatic nitrogens is 4. The van der Waals surface area contributed by atoms with Gasteiger partial charge in [-0.3, -0.25) is 4.57 Å². The molecular weight excluding hydrogens is 629 g/mol. The third-order valence-corrected chi connectivity index (χ3v) is 8.52. The number of thiophene rings is 1. The quantitative estimate of drug-likeness (QED) is 0.181. The van der Waals surface area contributed by atoms with Crippen molar-refractivity contribution in [2.24, 2.45) is 0 Å². The van der Waals surface area contributed by atoms with Gasteiger partial charge in [-0.1, -0.05) is 145 Å². The topological polar surface area (TPSA) is 43.6 Å². The van der Waals surface area contributed by atoms with Crippen molar-refractivity contribution in [3.05, 3.63) is 169 Å². The Labute approximate surface area is 332 Å². The highest BCUT2D eigenvalue weighted by molar-refractivity contribution is 7.26. The van der Waals surface area contributed by atoms with Crippen molar-refractivity contribution in [1.29, 1.82) is 0 Å². The van der Waals surface area contributed by atoms with Crippen LogP contribution >= 0.6 is 11.3 Å². The van der Waals surface area contributed by atoms with Crippen LogP contribution in [0.1, 0.15) is 38.4 Å². The van der Waals surface area contributed by atoms with Crippen LogP contribution in [0.15, 0.2) is 169 Å². The number of fused-ring (bicyclic) bond motifs is 7. The van der Waals surface area contributed by atoms with Gasteiger partial charge in [0.15, 0.2) is 11.6 Å². The van der Waals surface area contributed by atoms with Crippen LogP contribution in [0, 0.1) is 0 Å². The summed E-state index contributed by atoms with van der Waals surface area (Å²) in [5, 5.41) is -1.28. The maximum atomic E-state index is 9.44. The molecule has 7 aromatic carbocycles. The lowest BCUT2D eigenvalue weighted by Gasteiger charge is -2.12. The van der Waals surface area contributed by atoms with Gasteiger partial charge in [-0.2, -0.15) is 9.97 Å². The summed E-state index contributed by atoms with van der Waals surface area (Å²) in [5.41, 5.74) is -5.77. The van der Waals surface area contributed by atoms with E-state index in [1.54, 1.807) is 0 Å². The van der Waals surface area contributed by atoms with Crippen molar-refractivity contribution in [2.45, 2.75) is 0 Å². The molecule has 0 aliphatic heterocycles. The van der Waals surface area contributed by atoms with E-state index in [0.717, 1.165) is 4.57 Å². The maximum absolute atomic E-state index is 9.44. The molecule has 3 aromatic heterocycles. The summed E-state index contributed by atoms with van der Waals surface area (Å²) in [6.07, 6.45) is 0. The molecule has 0 N–H and O–H groups in total. The zero-order chi connectivity index (χ0) is 57.4. The number of para-hydroxylation sites is 1. The average molecular weight is 685 g/mol. The summed E-state index contributed by atoms with van der Waals surface area (Å²) in [7, 11) is 0. The molecule has 10 rings (SSSR count). The van der Waals surface area contributed by atoms with Gasteiger partial charge < -0.3 is 0 Å². The van der Waals surface area contributed by atoms with Crippen molar-refractivity contribution in [2.75, 3.05) is 0 Å². The van der Waals surface area contributed by atoms with E-state index < -0.39 is 236 Å². The summed E-state index contributed by atoms with van der Waals surface area (Å²) < 4.78 is 248. The molecule has 5 heteroatoms. The summed E-state index contributed by atoms with van der Waals surface area (Å²) in [4.78, 5) is 13.4. The van der Waals surface area contributed by atoms with Crippen molar-refractivity contribution in [1.82, 2.24) is 19.5 Å². The minimum Gasteiger partial charge on any atom is -0.277 e. The number of hydrogen-bond donors (Lipinski definition) is 0. The fraction of sp³-hybridized carbons (Fsp3) is 0. The molecule has 0 atom stereocenters. The zero-order valence-electron chi connectivity index (χ0n) is 52.7. The summed E-state index contributed by atoms with van der Waals surface area (Å²) in [6, 6.07) is -24.4. The van der Waals surface area contributed by atoms with Crippen LogP contribution in [-0.4, -0.2) is 19.5 Å². The molecule has 0 bridgehead atoms. The number of rotatable bonds is 5. The van der Waals surface area contributed by atoms with Crippen LogP contribution in [0.5, 0.6) is 0 Å².